The molecule has 0 aliphatic heterocycles. The molecule has 11 aromatic rings. The third-order valence-corrected chi connectivity index (χ3v) is 15.7. The van der Waals surface area contributed by atoms with Gasteiger partial charge in [0.05, 0.1) is 0 Å². The van der Waals surface area contributed by atoms with Crippen LogP contribution in [0.5, 0.6) is 0 Å². The summed E-state index contributed by atoms with van der Waals surface area (Å²) in [5, 5.41) is 2.53. The molecule has 0 bridgehead atoms. The van der Waals surface area contributed by atoms with E-state index in [1.807, 2.05) is 0 Å². The third-order valence-electron chi connectivity index (χ3n) is 15.7. The number of benzene rings is 11. The van der Waals surface area contributed by atoms with Crippen LogP contribution in [0.2, 0.25) is 0 Å². The molecule has 1 nitrogen and oxygen atoms in total. The van der Waals surface area contributed by atoms with Gasteiger partial charge >= 0.3 is 0 Å². The van der Waals surface area contributed by atoms with Crippen LogP contribution >= 0.6 is 0 Å². The van der Waals surface area contributed by atoms with Gasteiger partial charge in [-0.25, -0.2) is 0 Å². The van der Waals surface area contributed by atoms with Gasteiger partial charge in [-0.05, 0) is 166 Å². The zero-order chi connectivity index (χ0) is 47.8. The van der Waals surface area contributed by atoms with Gasteiger partial charge < -0.3 is 4.90 Å². The minimum atomic E-state index is -0.221. The highest BCUT2D eigenvalue weighted by Gasteiger charge is 2.38. The lowest BCUT2D eigenvalue weighted by Gasteiger charge is -2.30. The molecular formula is C70H53N. The first-order valence-corrected chi connectivity index (χ1v) is 25.0. The van der Waals surface area contributed by atoms with Crippen molar-refractivity contribution >= 4 is 27.8 Å². The maximum atomic E-state index is 2.47. The van der Waals surface area contributed by atoms with Crippen molar-refractivity contribution in [2.45, 2.75) is 38.5 Å². The summed E-state index contributed by atoms with van der Waals surface area (Å²) in [6.45, 7) is 9.58. The smallest absolute Gasteiger partial charge is 0.0465 e. The van der Waals surface area contributed by atoms with Crippen molar-refractivity contribution in [2.24, 2.45) is 0 Å². The molecule has 0 heterocycles. The van der Waals surface area contributed by atoms with Crippen LogP contribution in [-0.4, -0.2) is 0 Å². The van der Waals surface area contributed by atoms with Crippen molar-refractivity contribution in [3.8, 4) is 77.9 Å². The van der Waals surface area contributed by atoms with Crippen molar-refractivity contribution in [2.75, 3.05) is 4.90 Å². The number of nitrogens with zero attached hydrogens (tertiary/aromatic N) is 1. The Morgan fingerprint density at radius 3 is 0.986 bits per heavy atom. The Bertz CT molecular complexity index is 3820. The first-order chi connectivity index (χ1) is 34.7. The van der Waals surface area contributed by atoms with Gasteiger partial charge in [-0.15, -0.1) is 0 Å². The molecule has 2 aliphatic carbocycles. The van der Waals surface area contributed by atoms with Crippen LogP contribution in [0.4, 0.5) is 17.1 Å². The quantitative estimate of drug-likeness (QED) is 0.147. The second kappa shape index (κ2) is 16.6. The van der Waals surface area contributed by atoms with Crippen LogP contribution < -0.4 is 4.90 Å². The fraction of sp³-hybridized carbons (Fsp3) is 0.0857. The van der Waals surface area contributed by atoms with E-state index >= 15 is 0 Å². The van der Waals surface area contributed by atoms with Gasteiger partial charge in [-0.3, -0.25) is 0 Å². The Kier molecular flexibility index (Phi) is 9.94. The molecule has 0 saturated heterocycles. The zero-order valence-corrected chi connectivity index (χ0v) is 40.6. The highest BCUT2D eigenvalue weighted by molar-refractivity contribution is 5.91. The highest BCUT2D eigenvalue weighted by atomic mass is 15.1. The zero-order valence-electron chi connectivity index (χ0n) is 40.6. The summed E-state index contributed by atoms with van der Waals surface area (Å²) >= 11 is 0. The lowest BCUT2D eigenvalue weighted by Crippen LogP contribution is -2.18. The van der Waals surface area contributed by atoms with Crippen LogP contribution in [0.15, 0.2) is 249 Å². The summed E-state index contributed by atoms with van der Waals surface area (Å²) in [5.74, 6) is 0. The standard InChI is InChI=1S/C70H53N/c1-69(2)65-42-56(47-15-9-6-10-16-47)31-37-61(65)63-39-35-59(44-67(63)69)71(58-33-29-51(30-34-58)50-21-19-49(20-22-50)46-13-7-5-8-14-46)60-36-40-64-62-38-32-57(43-66(62)70(3,4)68(64)45-60)53-25-23-52(24-26-53)55-28-27-48-17-11-12-18-54(48)41-55/h5-45H,1-4H3. The summed E-state index contributed by atoms with van der Waals surface area (Å²) in [6, 6.07) is 92.3. The predicted molar refractivity (Wildman–Crippen MR) is 301 cm³/mol. The highest BCUT2D eigenvalue weighted by Crippen LogP contribution is 2.54. The Hall–Kier alpha value is -8.52. The van der Waals surface area contributed by atoms with Gasteiger partial charge in [0.25, 0.3) is 0 Å². The van der Waals surface area contributed by atoms with E-state index in [0.29, 0.717) is 0 Å². The van der Waals surface area contributed by atoms with Crippen LogP contribution in [0.3, 0.4) is 0 Å². The molecule has 71 heavy (non-hydrogen) atoms. The van der Waals surface area contributed by atoms with Gasteiger partial charge in [0.2, 0.25) is 0 Å². The second-order valence-electron chi connectivity index (χ2n) is 20.6. The van der Waals surface area contributed by atoms with Gasteiger partial charge in [-0.2, -0.15) is 0 Å². The number of fused-ring (bicyclic) bond motifs is 7. The monoisotopic (exact) mass is 907 g/mol. The summed E-state index contributed by atoms with van der Waals surface area (Å²) in [5.41, 5.74) is 26.0. The molecule has 2 aliphatic rings. The third kappa shape index (κ3) is 7.23. The SMILES string of the molecule is CC1(C)c2cc(-c3ccccc3)ccc2-c2ccc(N(c3ccc(-c4ccc(-c5ccccc5)cc4)cc3)c3ccc4c(c3)C(C)(C)c3cc(-c5ccc(-c6ccc7ccccc7c6)cc5)ccc3-4)cc21. The molecule has 0 unspecified atom stereocenters. The molecule has 0 N–H and O–H groups in total. The minimum absolute atomic E-state index is 0.192. The first kappa shape index (κ1) is 42.6. The minimum Gasteiger partial charge on any atom is -0.310 e. The molecule has 0 aromatic heterocycles. The van der Waals surface area contributed by atoms with Crippen molar-refractivity contribution in [1.29, 1.82) is 0 Å². The van der Waals surface area contributed by atoms with Crippen LogP contribution in [0.25, 0.3) is 88.7 Å². The Balaban J connectivity index is 0.865. The van der Waals surface area contributed by atoms with E-state index in [1.165, 1.54) is 111 Å². The van der Waals surface area contributed by atoms with E-state index in [2.05, 4.69) is 281 Å². The van der Waals surface area contributed by atoms with E-state index < -0.39 is 0 Å². The number of hydrogen-bond donors (Lipinski definition) is 0. The Morgan fingerprint density at radius 2 is 0.521 bits per heavy atom. The molecule has 338 valence electrons. The van der Waals surface area contributed by atoms with Crippen molar-refractivity contribution in [3.63, 3.8) is 0 Å². The van der Waals surface area contributed by atoms with Gasteiger partial charge in [-0.1, -0.05) is 222 Å². The largest absolute Gasteiger partial charge is 0.310 e. The van der Waals surface area contributed by atoms with Crippen molar-refractivity contribution in [1.82, 2.24) is 0 Å². The summed E-state index contributed by atoms with van der Waals surface area (Å²) in [4.78, 5) is 2.47. The maximum Gasteiger partial charge on any atom is 0.0465 e. The van der Waals surface area contributed by atoms with E-state index in [4.69, 9.17) is 0 Å². The summed E-state index contributed by atoms with van der Waals surface area (Å²) in [6.07, 6.45) is 0. The maximum absolute atomic E-state index is 2.47. The number of rotatable bonds is 8. The normalized spacial score (nSPS) is 13.6. The van der Waals surface area contributed by atoms with Crippen LogP contribution in [0.1, 0.15) is 49.9 Å². The molecule has 0 fully saturated rings. The van der Waals surface area contributed by atoms with E-state index in [1.54, 1.807) is 0 Å². The molecule has 0 amide bonds. The molecule has 0 atom stereocenters. The molecule has 0 spiro atoms. The van der Waals surface area contributed by atoms with E-state index in [0.717, 1.165) is 17.1 Å². The number of hydrogen-bond acceptors (Lipinski definition) is 1. The molecular weight excluding hydrogens is 855 g/mol. The fourth-order valence-corrected chi connectivity index (χ4v) is 11.7. The molecule has 1 heteroatoms. The lowest BCUT2D eigenvalue weighted by molar-refractivity contribution is 0.660. The Morgan fingerprint density at radius 1 is 0.225 bits per heavy atom. The van der Waals surface area contributed by atoms with E-state index in [9.17, 15) is 0 Å². The average Bonchev–Trinajstić information content (AvgIpc) is 3.79. The second-order valence-corrected chi connectivity index (χ2v) is 20.6. The van der Waals surface area contributed by atoms with Crippen LogP contribution in [-0.2, 0) is 10.8 Å². The van der Waals surface area contributed by atoms with Gasteiger partial charge in [0.1, 0.15) is 0 Å². The molecule has 0 radical (unpaired) electrons. The average molecular weight is 908 g/mol. The molecule has 0 saturated carbocycles. The number of anilines is 3. The fourth-order valence-electron chi connectivity index (χ4n) is 11.7. The molecule has 11 aromatic carbocycles. The topological polar surface area (TPSA) is 3.24 Å². The summed E-state index contributed by atoms with van der Waals surface area (Å²) < 4.78 is 0. The van der Waals surface area contributed by atoms with Gasteiger partial charge in [0, 0.05) is 27.9 Å². The van der Waals surface area contributed by atoms with Crippen molar-refractivity contribution in [3.05, 3.63) is 271 Å². The van der Waals surface area contributed by atoms with Gasteiger partial charge in [0.15, 0.2) is 0 Å². The van der Waals surface area contributed by atoms with Crippen molar-refractivity contribution < 1.29 is 0 Å². The lowest BCUT2D eigenvalue weighted by atomic mass is 9.81. The first-order valence-electron chi connectivity index (χ1n) is 25.0. The van der Waals surface area contributed by atoms with E-state index in [-0.39, 0.29) is 10.8 Å². The Labute approximate surface area is 418 Å². The summed E-state index contributed by atoms with van der Waals surface area (Å²) in [7, 11) is 0. The predicted octanol–water partition coefficient (Wildman–Crippen LogP) is 19.3. The molecule has 13 rings (SSSR count). The van der Waals surface area contributed by atoms with Crippen LogP contribution in [0, 0.1) is 0 Å².